The first kappa shape index (κ1) is 16.1. The molecule has 0 radical (unpaired) electrons. The van der Waals surface area contributed by atoms with E-state index in [2.05, 4.69) is 43.3 Å². The van der Waals surface area contributed by atoms with Crippen LogP contribution in [0.4, 0.5) is 0 Å². The molecule has 0 saturated carbocycles. The highest BCUT2D eigenvalue weighted by Gasteiger charge is 1.99. The van der Waals surface area contributed by atoms with Crippen LogP contribution in [-0.4, -0.2) is 6.61 Å². The van der Waals surface area contributed by atoms with Crippen molar-refractivity contribution < 1.29 is 4.74 Å². The molecule has 1 nitrogen and oxygen atoms in total. The molecule has 0 atom stereocenters. The quantitative estimate of drug-likeness (QED) is 0.584. The van der Waals surface area contributed by atoms with Gasteiger partial charge in [-0.15, -0.1) is 0 Å². The van der Waals surface area contributed by atoms with Crippen LogP contribution in [0.1, 0.15) is 25.8 Å². The number of allylic oxidation sites excluding steroid dienone is 3. The normalized spacial score (nSPS) is 11.4. The lowest BCUT2D eigenvalue weighted by Gasteiger charge is -2.06. The minimum atomic E-state index is 0.593. The van der Waals surface area contributed by atoms with Gasteiger partial charge in [0.05, 0.1) is 0 Å². The van der Waals surface area contributed by atoms with Crippen molar-refractivity contribution in [3.05, 3.63) is 78.4 Å². The van der Waals surface area contributed by atoms with Gasteiger partial charge in [-0.1, -0.05) is 68.0 Å². The van der Waals surface area contributed by atoms with Crippen LogP contribution < -0.4 is 4.74 Å². The maximum absolute atomic E-state index is 5.67. The SMILES string of the molecule is CC=CC=CCOc1ccc(-c2ccc(CCC)cc2)cc1. The molecule has 1 heteroatoms. The van der Waals surface area contributed by atoms with Crippen molar-refractivity contribution in [2.75, 3.05) is 6.61 Å². The van der Waals surface area contributed by atoms with Crippen molar-refractivity contribution in [2.45, 2.75) is 26.7 Å². The zero-order chi connectivity index (χ0) is 15.6. The van der Waals surface area contributed by atoms with E-state index in [-0.39, 0.29) is 0 Å². The molecule has 0 unspecified atom stereocenters. The van der Waals surface area contributed by atoms with Crippen LogP contribution in [-0.2, 0) is 6.42 Å². The summed E-state index contributed by atoms with van der Waals surface area (Å²) in [7, 11) is 0. The minimum Gasteiger partial charge on any atom is -0.490 e. The Balaban J connectivity index is 1.96. The van der Waals surface area contributed by atoms with Crippen molar-refractivity contribution in [3.63, 3.8) is 0 Å². The summed E-state index contributed by atoms with van der Waals surface area (Å²) in [6, 6.07) is 17.1. The molecular weight excluding hydrogens is 268 g/mol. The highest BCUT2D eigenvalue weighted by molar-refractivity contribution is 5.64. The van der Waals surface area contributed by atoms with Crippen LogP contribution in [0.15, 0.2) is 72.8 Å². The third-order valence-electron chi connectivity index (χ3n) is 3.47. The van der Waals surface area contributed by atoms with Gasteiger partial charge in [-0.25, -0.2) is 0 Å². The lowest BCUT2D eigenvalue weighted by Crippen LogP contribution is -1.92. The van der Waals surface area contributed by atoms with Crippen molar-refractivity contribution in [2.24, 2.45) is 0 Å². The summed E-state index contributed by atoms with van der Waals surface area (Å²) in [5, 5.41) is 0. The minimum absolute atomic E-state index is 0.593. The number of aryl methyl sites for hydroxylation is 1. The number of rotatable bonds is 7. The van der Waals surface area contributed by atoms with Gasteiger partial charge in [-0.05, 0) is 48.2 Å². The molecule has 0 bridgehead atoms. The Morgan fingerprint density at radius 1 is 0.864 bits per heavy atom. The Bertz CT molecular complexity index is 603. The second-order valence-corrected chi connectivity index (χ2v) is 5.24. The van der Waals surface area contributed by atoms with Crippen LogP contribution in [0.25, 0.3) is 11.1 Å². The average Bonchev–Trinajstić information content (AvgIpc) is 2.56. The first-order valence-corrected chi connectivity index (χ1v) is 7.93. The molecule has 22 heavy (non-hydrogen) atoms. The number of hydrogen-bond donors (Lipinski definition) is 0. The highest BCUT2D eigenvalue weighted by atomic mass is 16.5. The van der Waals surface area contributed by atoms with Crippen LogP contribution >= 0.6 is 0 Å². The third-order valence-corrected chi connectivity index (χ3v) is 3.47. The zero-order valence-corrected chi connectivity index (χ0v) is 13.5. The van der Waals surface area contributed by atoms with Gasteiger partial charge in [0.1, 0.15) is 12.4 Å². The molecular formula is C21H24O. The monoisotopic (exact) mass is 292 g/mol. The molecule has 0 aliphatic rings. The molecule has 0 spiro atoms. The third kappa shape index (κ3) is 4.92. The summed E-state index contributed by atoms with van der Waals surface area (Å²) >= 11 is 0. The fraction of sp³-hybridized carbons (Fsp3) is 0.238. The van der Waals surface area contributed by atoms with Crippen LogP contribution in [0, 0.1) is 0 Å². The van der Waals surface area contributed by atoms with Gasteiger partial charge in [0.25, 0.3) is 0 Å². The summed E-state index contributed by atoms with van der Waals surface area (Å²) in [5.41, 5.74) is 3.87. The topological polar surface area (TPSA) is 9.23 Å². The van der Waals surface area contributed by atoms with E-state index in [9.17, 15) is 0 Å². The summed E-state index contributed by atoms with van der Waals surface area (Å²) in [6.45, 7) is 4.80. The van der Waals surface area contributed by atoms with Crippen molar-refractivity contribution in [1.29, 1.82) is 0 Å². The van der Waals surface area contributed by atoms with E-state index in [0.29, 0.717) is 6.61 Å². The first-order chi connectivity index (χ1) is 10.8. The Labute approximate surface area is 134 Å². The van der Waals surface area contributed by atoms with E-state index in [4.69, 9.17) is 4.74 Å². The standard InChI is InChI=1S/C21H24O/c1-3-5-6-7-17-22-21-15-13-20(14-16-21)19-11-9-18(8-4-2)10-12-19/h3,5-7,9-16H,4,8,17H2,1-2H3. The molecule has 2 rings (SSSR count). The Morgan fingerprint density at radius 3 is 2.09 bits per heavy atom. The van der Waals surface area contributed by atoms with Gasteiger partial charge in [0.2, 0.25) is 0 Å². The van der Waals surface area contributed by atoms with Crippen LogP contribution in [0.3, 0.4) is 0 Å². The molecule has 0 N–H and O–H groups in total. The average molecular weight is 292 g/mol. The first-order valence-electron chi connectivity index (χ1n) is 7.93. The number of ether oxygens (including phenoxy) is 1. The van der Waals surface area contributed by atoms with Crippen molar-refractivity contribution in [1.82, 2.24) is 0 Å². The molecule has 0 fully saturated rings. The van der Waals surface area contributed by atoms with Gasteiger partial charge in [0.15, 0.2) is 0 Å². The van der Waals surface area contributed by atoms with Gasteiger partial charge >= 0.3 is 0 Å². The largest absolute Gasteiger partial charge is 0.490 e. The molecule has 0 amide bonds. The molecule has 0 aromatic heterocycles. The molecule has 2 aromatic carbocycles. The summed E-state index contributed by atoms with van der Waals surface area (Å²) in [5.74, 6) is 0.900. The Kier molecular flexibility index (Phi) is 6.50. The predicted molar refractivity (Wildman–Crippen MR) is 95.3 cm³/mol. The van der Waals surface area contributed by atoms with Crippen molar-refractivity contribution >= 4 is 0 Å². The second kappa shape index (κ2) is 8.89. The number of benzene rings is 2. The van der Waals surface area contributed by atoms with E-state index in [0.717, 1.165) is 12.2 Å². The molecule has 2 aromatic rings. The Hall–Kier alpha value is -2.28. The molecule has 0 saturated heterocycles. The van der Waals surface area contributed by atoms with Crippen LogP contribution in [0.2, 0.25) is 0 Å². The summed E-state index contributed by atoms with van der Waals surface area (Å²) in [6.07, 6.45) is 10.3. The maximum Gasteiger partial charge on any atom is 0.119 e. The molecule has 0 aliphatic carbocycles. The zero-order valence-electron chi connectivity index (χ0n) is 13.5. The van der Waals surface area contributed by atoms with Gasteiger partial charge in [-0.2, -0.15) is 0 Å². The predicted octanol–water partition coefficient (Wildman–Crippen LogP) is 5.82. The van der Waals surface area contributed by atoms with Gasteiger partial charge in [-0.3, -0.25) is 0 Å². The smallest absolute Gasteiger partial charge is 0.119 e. The number of hydrogen-bond acceptors (Lipinski definition) is 1. The highest BCUT2D eigenvalue weighted by Crippen LogP contribution is 2.23. The van der Waals surface area contributed by atoms with Gasteiger partial charge < -0.3 is 4.74 Å². The lowest BCUT2D eigenvalue weighted by atomic mass is 10.0. The van der Waals surface area contributed by atoms with E-state index >= 15 is 0 Å². The fourth-order valence-electron chi connectivity index (χ4n) is 2.29. The van der Waals surface area contributed by atoms with E-state index < -0.39 is 0 Å². The Morgan fingerprint density at radius 2 is 1.50 bits per heavy atom. The van der Waals surface area contributed by atoms with E-state index in [1.54, 1.807) is 0 Å². The van der Waals surface area contributed by atoms with Crippen LogP contribution in [0.5, 0.6) is 5.75 Å². The second-order valence-electron chi connectivity index (χ2n) is 5.24. The lowest BCUT2D eigenvalue weighted by molar-refractivity contribution is 0.363. The fourth-order valence-corrected chi connectivity index (χ4v) is 2.29. The summed E-state index contributed by atoms with van der Waals surface area (Å²) in [4.78, 5) is 0. The maximum atomic E-state index is 5.67. The molecule has 114 valence electrons. The van der Waals surface area contributed by atoms with E-state index in [1.165, 1.54) is 23.1 Å². The summed E-state index contributed by atoms with van der Waals surface area (Å²) < 4.78 is 5.67. The van der Waals surface area contributed by atoms with E-state index in [1.807, 2.05) is 43.4 Å². The van der Waals surface area contributed by atoms with Crippen molar-refractivity contribution in [3.8, 4) is 16.9 Å². The van der Waals surface area contributed by atoms with Gasteiger partial charge in [0, 0.05) is 0 Å². The molecule has 0 heterocycles. The molecule has 0 aliphatic heterocycles.